The van der Waals surface area contributed by atoms with Gasteiger partial charge in [-0.3, -0.25) is 4.79 Å². The van der Waals surface area contributed by atoms with E-state index in [1.54, 1.807) is 6.07 Å². The van der Waals surface area contributed by atoms with Gasteiger partial charge in [0.25, 0.3) is 0 Å². The lowest BCUT2D eigenvalue weighted by Crippen LogP contribution is -2.26. The van der Waals surface area contributed by atoms with Crippen molar-refractivity contribution in [2.45, 2.75) is 18.8 Å². The summed E-state index contributed by atoms with van der Waals surface area (Å²) in [6, 6.07) is 11.0. The molecule has 5 heteroatoms. The first-order chi connectivity index (χ1) is 8.66. The summed E-state index contributed by atoms with van der Waals surface area (Å²) < 4.78 is 4.99. The third-order valence-electron chi connectivity index (χ3n) is 2.44. The van der Waals surface area contributed by atoms with Gasteiger partial charge in [-0.2, -0.15) is 0 Å². The molecule has 1 atom stereocenters. The molecule has 2 aromatic rings. The van der Waals surface area contributed by atoms with Gasteiger partial charge >= 0.3 is 0 Å². The number of halogens is 1. The number of hydrogen-bond acceptors (Lipinski definition) is 3. The Morgan fingerprint density at radius 1 is 1.44 bits per heavy atom. The van der Waals surface area contributed by atoms with Crippen LogP contribution < -0.4 is 5.32 Å². The maximum Gasteiger partial charge on any atom is 0.242 e. The predicted octanol–water partition coefficient (Wildman–Crippen LogP) is 2.58. The van der Waals surface area contributed by atoms with Crippen LogP contribution in [0.5, 0.6) is 0 Å². The van der Waals surface area contributed by atoms with Crippen molar-refractivity contribution >= 4 is 17.5 Å². The van der Waals surface area contributed by atoms with Gasteiger partial charge in [0, 0.05) is 6.07 Å². The average molecular weight is 265 g/mol. The summed E-state index contributed by atoms with van der Waals surface area (Å²) in [7, 11) is 0. The van der Waals surface area contributed by atoms with Crippen molar-refractivity contribution in [3.05, 3.63) is 53.4 Å². The Balaban J connectivity index is 1.92. The summed E-state index contributed by atoms with van der Waals surface area (Å²) >= 11 is 6.07. The normalized spacial score (nSPS) is 12.1. The third-order valence-corrected chi connectivity index (χ3v) is 2.89. The molecule has 1 unspecified atom stereocenters. The predicted molar refractivity (Wildman–Crippen MR) is 68.1 cm³/mol. The van der Waals surface area contributed by atoms with Crippen molar-refractivity contribution < 1.29 is 9.32 Å². The van der Waals surface area contributed by atoms with Crippen LogP contribution in [0.1, 0.15) is 22.4 Å². The monoisotopic (exact) mass is 264 g/mol. The number of hydrogen-bond donors (Lipinski definition) is 1. The highest BCUT2D eigenvalue weighted by Crippen LogP contribution is 2.20. The largest absolute Gasteiger partial charge is 0.359 e. The van der Waals surface area contributed by atoms with Gasteiger partial charge in [0.15, 0.2) is 5.76 Å². The minimum absolute atomic E-state index is 0.253. The summed E-state index contributed by atoms with van der Waals surface area (Å²) in [6.07, 6.45) is 0. The molecule has 0 bridgehead atoms. The van der Waals surface area contributed by atoms with Crippen LogP contribution in [0, 0.1) is 6.92 Å². The summed E-state index contributed by atoms with van der Waals surface area (Å²) in [5.74, 6) is 0.356. The van der Waals surface area contributed by atoms with E-state index in [1.807, 2.05) is 37.3 Å². The van der Waals surface area contributed by atoms with E-state index >= 15 is 0 Å². The molecular weight excluding hydrogens is 252 g/mol. The lowest BCUT2D eigenvalue weighted by atomic mass is 10.1. The molecule has 0 aliphatic carbocycles. The highest BCUT2D eigenvalue weighted by atomic mass is 35.5. The highest BCUT2D eigenvalue weighted by molar-refractivity contribution is 6.30. The molecule has 0 aliphatic heterocycles. The number of nitrogens with one attached hydrogen (secondary N) is 1. The molecule has 4 nitrogen and oxygen atoms in total. The van der Waals surface area contributed by atoms with E-state index in [0.717, 1.165) is 11.3 Å². The minimum Gasteiger partial charge on any atom is -0.359 e. The van der Waals surface area contributed by atoms with Crippen LogP contribution in [0.25, 0.3) is 0 Å². The smallest absolute Gasteiger partial charge is 0.242 e. The molecule has 0 saturated heterocycles. The van der Waals surface area contributed by atoms with E-state index in [-0.39, 0.29) is 12.5 Å². The fourth-order valence-electron chi connectivity index (χ4n) is 1.54. The van der Waals surface area contributed by atoms with Crippen molar-refractivity contribution in [3.8, 4) is 0 Å². The van der Waals surface area contributed by atoms with Crippen LogP contribution in [0.3, 0.4) is 0 Å². The highest BCUT2D eigenvalue weighted by Gasteiger charge is 2.17. The second kappa shape index (κ2) is 5.69. The van der Waals surface area contributed by atoms with E-state index in [1.165, 1.54) is 0 Å². The fraction of sp³-hybridized carbons (Fsp3) is 0.231. The fourth-order valence-corrected chi connectivity index (χ4v) is 1.76. The topological polar surface area (TPSA) is 55.1 Å². The standard InChI is InChI=1S/C13H13ClN2O2/c1-9-7-11(18-16-9)8-15-13(17)12(14)10-5-3-2-4-6-10/h2-7,12H,8H2,1H3,(H,15,17). The number of carbonyl (C=O) groups excluding carboxylic acids is 1. The quantitative estimate of drug-likeness (QED) is 0.864. The molecular formula is C13H13ClN2O2. The SMILES string of the molecule is Cc1cc(CNC(=O)C(Cl)c2ccccc2)on1. The van der Waals surface area contributed by atoms with Gasteiger partial charge in [-0.25, -0.2) is 0 Å². The molecule has 0 fully saturated rings. The molecule has 1 N–H and O–H groups in total. The van der Waals surface area contributed by atoms with Gasteiger partial charge in [0.2, 0.25) is 5.91 Å². The van der Waals surface area contributed by atoms with E-state index in [9.17, 15) is 4.79 Å². The molecule has 1 heterocycles. The van der Waals surface area contributed by atoms with Crippen molar-refractivity contribution in [1.82, 2.24) is 10.5 Å². The average Bonchev–Trinajstić information content (AvgIpc) is 2.82. The molecule has 1 amide bonds. The van der Waals surface area contributed by atoms with E-state index in [4.69, 9.17) is 16.1 Å². The van der Waals surface area contributed by atoms with Gasteiger partial charge in [0.1, 0.15) is 5.38 Å². The molecule has 0 spiro atoms. The number of alkyl halides is 1. The maximum absolute atomic E-state index is 11.8. The molecule has 18 heavy (non-hydrogen) atoms. The van der Waals surface area contributed by atoms with E-state index < -0.39 is 5.38 Å². The van der Waals surface area contributed by atoms with Crippen molar-refractivity contribution in [2.24, 2.45) is 0 Å². The Morgan fingerprint density at radius 2 is 2.17 bits per heavy atom. The maximum atomic E-state index is 11.8. The number of benzene rings is 1. The second-order valence-corrected chi connectivity index (χ2v) is 4.36. The Labute approximate surface area is 110 Å². The lowest BCUT2D eigenvalue weighted by Gasteiger charge is -2.09. The van der Waals surface area contributed by atoms with Gasteiger partial charge in [-0.15, -0.1) is 11.6 Å². The molecule has 1 aromatic carbocycles. The minimum atomic E-state index is -0.699. The number of nitrogens with zero attached hydrogens (tertiary/aromatic N) is 1. The van der Waals surface area contributed by atoms with Crippen molar-refractivity contribution in [2.75, 3.05) is 0 Å². The second-order valence-electron chi connectivity index (χ2n) is 3.93. The first kappa shape index (κ1) is 12.6. The summed E-state index contributed by atoms with van der Waals surface area (Å²) in [5, 5.41) is 5.75. The number of amides is 1. The van der Waals surface area contributed by atoms with Gasteiger partial charge < -0.3 is 9.84 Å². The number of rotatable bonds is 4. The Hall–Kier alpha value is -1.81. The first-order valence-electron chi connectivity index (χ1n) is 5.56. The molecule has 0 aliphatic rings. The summed E-state index contributed by atoms with van der Waals surface area (Å²) in [6.45, 7) is 2.11. The van der Waals surface area contributed by atoms with Gasteiger partial charge in [0.05, 0.1) is 12.2 Å². The Morgan fingerprint density at radius 3 is 2.78 bits per heavy atom. The number of carbonyl (C=O) groups is 1. The Bertz CT molecular complexity index is 525. The molecule has 0 saturated carbocycles. The Kier molecular flexibility index (Phi) is 3.99. The zero-order valence-electron chi connectivity index (χ0n) is 9.89. The van der Waals surface area contributed by atoms with Crippen LogP contribution in [-0.2, 0) is 11.3 Å². The zero-order chi connectivity index (χ0) is 13.0. The molecule has 94 valence electrons. The molecule has 0 radical (unpaired) electrons. The van der Waals surface area contributed by atoms with Crippen molar-refractivity contribution in [1.29, 1.82) is 0 Å². The lowest BCUT2D eigenvalue weighted by molar-refractivity contribution is -0.121. The summed E-state index contributed by atoms with van der Waals surface area (Å²) in [4.78, 5) is 11.8. The van der Waals surface area contributed by atoms with E-state index in [0.29, 0.717) is 5.76 Å². The van der Waals surface area contributed by atoms with Crippen LogP contribution in [0.4, 0.5) is 0 Å². The zero-order valence-corrected chi connectivity index (χ0v) is 10.6. The molecule has 2 rings (SSSR count). The van der Waals surface area contributed by atoms with E-state index in [2.05, 4.69) is 10.5 Å². The first-order valence-corrected chi connectivity index (χ1v) is 5.99. The summed E-state index contributed by atoms with van der Waals surface area (Å²) in [5.41, 5.74) is 1.55. The number of aromatic nitrogens is 1. The van der Waals surface area contributed by atoms with Crippen LogP contribution in [0.2, 0.25) is 0 Å². The van der Waals surface area contributed by atoms with Crippen LogP contribution in [0.15, 0.2) is 40.9 Å². The van der Waals surface area contributed by atoms with Crippen molar-refractivity contribution in [3.63, 3.8) is 0 Å². The van der Waals surface area contributed by atoms with Crippen LogP contribution >= 0.6 is 11.6 Å². The molecule has 1 aromatic heterocycles. The third kappa shape index (κ3) is 3.11. The van der Waals surface area contributed by atoms with Crippen LogP contribution in [-0.4, -0.2) is 11.1 Å². The van der Waals surface area contributed by atoms with Gasteiger partial charge in [-0.1, -0.05) is 35.5 Å². The number of aryl methyl sites for hydroxylation is 1. The van der Waals surface area contributed by atoms with Gasteiger partial charge in [-0.05, 0) is 12.5 Å².